The molecule has 3 atom stereocenters. The van der Waals surface area contributed by atoms with Crippen LogP contribution in [-0.2, 0) is 9.47 Å². The highest BCUT2D eigenvalue weighted by Gasteiger charge is 2.22. The van der Waals surface area contributed by atoms with Gasteiger partial charge in [-0.05, 0) is 55.0 Å². The van der Waals surface area contributed by atoms with E-state index in [0.717, 1.165) is 48.4 Å². The molecule has 1 unspecified atom stereocenters. The average molecular weight is 435 g/mol. The molecule has 6 heteroatoms. The van der Waals surface area contributed by atoms with Gasteiger partial charge in [-0.1, -0.05) is 48.6 Å². The van der Waals surface area contributed by atoms with E-state index in [9.17, 15) is 10.2 Å². The zero-order valence-electron chi connectivity index (χ0n) is 18.3. The summed E-state index contributed by atoms with van der Waals surface area (Å²) in [5.74, 6) is 1.03. The maximum Gasteiger partial charge on any atom is 0.158 e. The summed E-state index contributed by atoms with van der Waals surface area (Å²) in [5.41, 5.74) is 3.16. The fourth-order valence-corrected chi connectivity index (χ4v) is 3.93. The second-order valence-electron chi connectivity index (χ2n) is 8.05. The number of rotatable bonds is 8. The van der Waals surface area contributed by atoms with Gasteiger partial charge in [0.1, 0.15) is 17.7 Å². The van der Waals surface area contributed by atoms with E-state index in [-0.39, 0.29) is 30.8 Å². The van der Waals surface area contributed by atoms with Crippen molar-refractivity contribution in [1.29, 1.82) is 0 Å². The number of hydrogen-bond acceptors (Lipinski definition) is 5. The summed E-state index contributed by atoms with van der Waals surface area (Å²) in [6, 6.07) is 15.1. The Morgan fingerprint density at radius 3 is 2.50 bits per heavy atom. The fraction of sp³-hybridized carbons (Fsp3) is 0.346. The van der Waals surface area contributed by atoms with Crippen molar-refractivity contribution in [3.05, 3.63) is 78.4 Å². The first-order valence-electron chi connectivity index (χ1n) is 11.1. The first kappa shape index (κ1) is 22.3. The fourth-order valence-electron chi connectivity index (χ4n) is 3.93. The predicted octanol–water partition coefficient (Wildman–Crippen LogP) is 5.11. The molecule has 2 N–H and O–H groups in total. The topological polar surface area (TPSA) is 76.7 Å². The van der Waals surface area contributed by atoms with Crippen LogP contribution in [0.15, 0.2) is 67.0 Å². The van der Waals surface area contributed by atoms with Gasteiger partial charge in [0.05, 0.1) is 12.6 Å². The minimum absolute atomic E-state index is 0.0436. The molecule has 1 aromatic heterocycles. The molecule has 1 saturated heterocycles. The molecule has 0 amide bonds. The zero-order valence-corrected chi connectivity index (χ0v) is 18.3. The number of aromatic hydroxyl groups is 1. The van der Waals surface area contributed by atoms with Gasteiger partial charge in [-0.3, -0.25) is 0 Å². The van der Waals surface area contributed by atoms with Gasteiger partial charge in [-0.2, -0.15) is 0 Å². The van der Waals surface area contributed by atoms with Crippen LogP contribution in [0.2, 0.25) is 0 Å². The van der Waals surface area contributed by atoms with E-state index < -0.39 is 0 Å². The summed E-state index contributed by atoms with van der Waals surface area (Å²) in [7, 11) is 0. The molecule has 1 fully saturated rings. The van der Waals surface area contributed by atoms with Gasteiger partial charge in [0.15, 0.2) is 6.29 Å². The SMILES string of the molecule is C[C@H](OC1CCCCO1)c1nccn1[C@@H](/C=C/c1ccc(-c2ccc(O)cc2)cc1)CO. The van der Waals surface area contributed by atoms with Crippen molar-refractivity contribution in [2.45, 2.75) is 44.6 Å². The van der Waals surface area contributed by atoms with Crippen LogP contribution in [0.3, 0.4) is 0 Å². The van der Waals surface area contributed by atoms with Crippen LogP contribution in [0.1, 0.15) is 49.7 Å². The molecule has 0 aliphatic carbocycles. The van der Waals surface area contributed by atoms with Gasteiger partial charge in [0.2, 0.25) is 0 Å². The maximum atomic E-state index is 10.0. The Morgan fingerprint density at radius 2 is 1.84 bits per heavy atom. The van der Waals surface area contributed by atoms with Gasteiger partial charge < -0.3 is 24.3 Å². The highest BCUT2D eigenvalue weighted by Crippen LogP contribution is 2.26. The highest BCUT2D eigenvalue weighted by atomic mass is 16.7. The maximum absolute atomic E-state index is 10.0. The van der Waals surface area contributed by atoms with Crippen molar-refractivity contribution in [1.82, 2.24) is 9.55 Å². The van der Waals surface area contributed by atoms with Crippen molar-refractivity contribution in [3.63, 3.8) is 0 Å². The standard InChI is InChI=1S/C26H30N2O4/c1-19(32-25-4-2-3-17-31-25)26-27-15-16-28(26)23(18-29)12-7-20-5-8-21(9-6-20)22-10-13-24(30)14-11-22/h5-16,19,23,25,29-30H,2-4,17-18H2,1H3/b12-7+/t19-,23-,25?/m0/s1. The average Bonchev–Trinajstić information content (AvgIpc) is 3.31. The number of imidazole rings is 1. The summed E-state index contributed by atoms with van der Waals surface area (Å²) in [4.78, 5) is 4.48. The zero-order chi connectivity index (χ0) is 22.3. The van der Waals surface area contributed by atoms with Crippen LogP contribution >= 0.6 is 0 Å². The molecule has 2 aromatic carbocycles. The van der Waals surface area contributed by atoms with Crippen molar-refractivity contribution in [3.8, 4) is 16.9 Å². The molecular formula is C26H30N2O4. The Hall–Kier alpha value is -2.93. The number of phenolic OH excluding ortho intramolecular Hbond substituents is 1. The van der Waals surface area contributed by atoms with Crippen molar-refractivity contribution >= 4 is 6.08 Å². The lowest BCUT2D eigenvalue weighted by Gasteiger charge is -2.27. The number of hydrogen-bond donors (Lipinski definition) is 2. The molecule has 2 heterocycles. The number of aromatic nitrogens is 2. The minimum Gasteiger partial charge on any atom is -0.508 e. The first-order chi connectivity index (χ1) is 15.6. The highest BCUT2D eigenvalue weighted by molar-refractivity contribution is 5.66. The second-order valence-corrected chi connectivity index (χ2v) is 8.05. The number of aliphatic hydroxyl groups is 1. The molecule has 32 heavy (non-hydrogen) atoms. The van der Waals surface area contributed by atoms with E-state index in [4.69, 9.17) is 9.47 Å². The smallest absolute Gasteiger partial charge is 0.158 e. The Balaban J connectivity index is 1.44. The van der Waals surface area contributed by atoms with Gasteiger partial charge in [-0.25, -0.2) is 4.98 Å². The summed E-state index contributed by atoms with van der Waals surface area (Å²) >= 11 is 0. The number of aliphatic hydroxyl groups excluding tert-OH is 1. The summed E-state index contributed by atoms with van der Waals surface area (Å²) in [5, 5.41) is 19.5. The van der Waals surface area contributed by atoms with Gasteiger partial charge in [0.25, 0.3) is 0 Å². The van der Waals surface area contributed by atoms with Crippen LogP contribution in [0.5, 0.6) is 5.75 Å². The lowest BCUT2D eigenvalue weighted by Crippen LogP contribution is -2.25. The third-order valence-electron chi connectivity index (χ3n) is 5.72. The second kappa shape index (κ2) is 10.6. The van der Waals surface area contributed by atoms with Gasteiger partial charge >= 0.3 is 0 Å². The molecular weight excluding hydrogens is 404 g/mol. The van der Waals surface area contributed by atoms with Gasteiger partial charge in [-0.15, -0.1) is 0 Å². The third kappa shape index (κ3) is 5.46. The Kier molecular flexibility index (Phi) is 7.37. The van der Waals surface area contributed by atoms with E-state index in [1.54, 1.807) is 18.3 Å². The molecule has 1 aliphatic heterocycles. The van der Waals surface area contributed by atoms with Crippen LogP contribution in [0.25, 0.3) is 17.2 Å². The monoisotopic (exact) mass is 434 g/mol. The first-order valence-corrected chi connectivity index (χ1v) is 11.1. The van der Waals surface area contributed by atoms with E-state index in [2.05, 4.69) is 4.98 Å². The lowest BCUT2D eigenvalue weighted by atomic mass is 10.0. The quantitative estimate of drug-likeness (QED) is 0.515. The summed E-state index contributed by atoms with van der Waals surface area (Å²) < 4.78 is 13.7. The van der Waals surface area contributed by atoms with Crippen molar-refractivity contribution < 1.29 is 19.7 Å². The minimum atomic E-state index is -0.248. The van der Waals surface area contributed by atoms with Crippen molar-refractivity contribution in [2.75, 3.05) is 13.2 Å². The predicted molar refractivity (Wildman–Crippen MR) is 124 cm³/mol. The Morgan fingerprint density at radius 1 is 1.12 bits per heavy atom. The summed E-state index contributed by atoms with van der Waals surface area (Å²) in [6.07, 6.45) is 10.2. The number of nitrogens with zero attached hydrogens (tertiary/aromatic N) is 2. The third-order valence-corrected chi connectivity index (χ3v) is 5.72. The van der Waals surface area contributed by atoms with Crippen LogP contribution in [0.4, 0.5) is 0 Å². The molecule has 0 saturated carbocycles. The van der Waals surface area contributed by atoms with Crippen molar-refractivity contribution in [2.24, 2.45) is 0 Å². The molecule has 0 spiro atoms. The van der Waals surface area contributed by atoms with E-state index >= 15 is 0 Å². The number of benzene rings is 2. The molecule has 4 rings (SSSR count). The number of phenols is 1. The largest absolute Gasteiger partial charge is 0.508 e. The summed E-state index contributed by atoms with van der Waals surface area (Å²) in [6.45, 7) is 2.66. The molecule has 1 aliphatic rings. The van der Waals surface area contributed by atoms with E-state index in [0.29, 0.717) is 0 Å². The van der Waals surface area contributed by atoms with Gasteiger partial charge in [0, 0.05) is 19.0 Å². The van der Waals surface area contributed by atoms with Crippen LogP contribution in [-0.4, -0.2) is 39.3 Å². The molecule has 0 bridgehead atoms. The van der Waals surface area contributed by atoms with E-state index in [1.807, 2.05) is 66.2 Å². The van der Waals surface area contributed by atoms with E-state index in [1.165, 1.54) is 0 Å². The molecule has 6 nitrogen and oxygen atoms in total. The Bertz CT molecular complexity index is 1010. The number of ether oxygens (including phenoxy) is 2. The Labute approximate surface area is 188 Å². The molecule has 3 aromatic rings. The lowest BCUT2D eigenvalue weighted by molar-refractivity contribution is -0.188. The van der Waals surface area contributed by atoms with Crippen LogP contribution in [0, 0.1) is 0 Å². The van der Waals surface area contributed by atoms with Crippen LogP contribution < -0.4 is 0 Å². The normalized spacial score (nSPS) is 18.6. The molecule has 0 radical (unpaired) electrons. The molecule has 168 valence electrons.